The molecule has 0 atom stereocenters. The van der Waals surface area contributed by atoms with Crippen LogP contribution in [0.3, 0.4) is 0 Å². The van der Waals surface area contributed by atoms with Crippen LogP contribution in [0, 0.1) is 0 Å². The molecule has 0 saturated heterocycles. The van der Waals surface area contributed by atoms with Gasteiger partial charge >= 0.3 is 0 Å². The van der Waals surface area contributed by atoms with Crippen molar-refractivity contribution in [1.82, 2.24) is 0 Å². The molecule has 1 rings (SSSR count). The van der Waals surface area contributed by atoms with Gasteiger partial charge in [-0.3, -0.25) is 9.59 Å². The fourth-order valence-electron chi connectivity index (χ4n) is 1.25. The molecule has 0 radical (unpaired) electrons. The third kappa shape index (κ3) is 2.65. The Hall–Kier alpha value is -1.16. The van der Waals surface area contributed by atoms with Crippen molar-refractivity contribution < 1.29 is 14.3 Å². The second-order valence-electron chi connectivity index (χ2n) is 2.97. The van der Waals surface area contributed by atoms with Gasteiger partial charge in [0.1, 0.15) is 5.75 Å². The maximum atomic E-state index is 11.3. The van der Waals surface area contributed by atoms with Gasteiger partial charge in [0, 0.05) is 15.6 Å². The summed E-state index contributed by atoms with van der Waals surface area (Å²) in [5.41, 5.74) is 0.744. The zero-order valence-electron chi connectivity index (χ0n) is 8.54. The fraction of sp³-hybridized carbons (Fsp3) is 0.273. The summed E-state index contributed by atoms with van der Waals surface area (Å²) in [6, 6.07) is 3.26. The summed E-state index contributed by atoms with van der Waals surface area (Å²) in [6.07, 6.45) is 0.663. The number of rotatable bonds is 4. The lowest BCUT2D eigenvalue weighted by molar-refractivity contribution is 0.100. The zero-order valence-corrected chi connectivity index (χ0v) is 10.1. The maximum Gasteiger partial charge on any atom is 0.160 e. The predicted octanol–water partition coefficient (Wildman–Crippen LogP) is 2.86. The highest BCUT2D eigenvalue weighted by molar-refractivity contribution is 9.10. The third-order valence-corrected chi connectivity index (χ3v) is 2.57. The average Bonchev–Trinajstić information content (AvgIpc) is 2.17. The lowest BCUT2D eigenvalue weighted by Crippen LogP contribution is -2.02. The van der Waals surface area contributed by atoms with Gasteiger partial charge in [-0.2, -0.15) is 0 Å². The average molecular weight is 271 g/mol. The number of ether oxygens (including phenoxy) is 1. The number of benzene rings is 1. The summed E-state index contributed by atoms with van der Waals surface area (Å²) in [6.45, 7) is 3.80. The molecule has 0 aromatic heterocycles. The minimum Gasteiger partial charge on any atom is -0.494 e. The van der Waals surface area contributed by atoms with E-state index in [2.05, 4.69) is 15.9 Å². The van der Waals surface area contributed by atoms with Crippen LogP contribution in [0.4, 0.5) is 0 Å². The molecule has 0 amide bonds. The van der Waals surface area contributed by atoms with Crippen molar-refractivity contribution in [1.29, 1.82) is 0 Å². The minimum absolute atomic E-state index is 0.153. The van der Waals surface area contributed by atoms with Crippen LogP contribution in [0.1, 0.15) is 34.6 Å². The molecule has 0 bridgehead atoms. The van der Waals surface area contributed by atoms with E-state index in [1.165, 1.54) is 6.92 Å². The van der Waals surface area contributed by atoms with Gasteiger partial charge < -0.3 is 4.74 Å². The smallest absolute Gasteiger partial charge is 0.160 e. The van der Waals surface area contributed by atoms with Crippen LogP contribution in [0.5, 0.6) is 5.75 Å². The molecule has 0 fully saturated rings. The normalized spacial score (nSPS) is 9.80. The summed E-state index contributed by atoms with van der Waals surface area (Å²) < 4.78 is 5.86. The molecule has 0 saturated carbocycles. The Morgan fingerprint density at radius 2 is 2.20 bits per heavy atom. The number of ketones is 1. The molecule has 3 nitrogen and oxygen atoms in total. The molecule has 4 heteroatoms. The number of Topliss-reactive ketones (excluding diaryl/α,β-unsaturated/α-hetero) is 1. The van der Waals surface area contributed by atoms with Crippen molar-refractivity contribution in [2.24, 2.45) is 0 Å². The quantitative estimate of drug-likeness (QED) is 0.624. The van der Waals surface area contributed by atoms with Crippen molar-refractivity contribution in [3.05, 3.63) is 27.7 Å². The van der Waals surface area contributed by atoms with Gasteiger partial charge in [-0.05, 0) is 41.9 Å². The SMILES string of the molecule is CCOc1cc(Br)c(C=O)c(C(C)=O)c1. The van der Waals surface area contributed by atoms with Crippen molar-refractivity contribution in [3.63, 3.8) is 0 Å². The van der Waals surface area contributed by atoms with E-state index in [1.54, 1.807) is 12.1 Å². The van der Waals surface area contributed by atoms with Crippen LogP contribution < -0.4 is 4.74 Å². The first-order chi connectivity index (χ1) is 7.10. The highest BCUT2D eigenvalue weighted by Crippen LogP contribution is 2.26. The number of carbonyl (C=O) groups is 2. The molecule has 0 aliphatic rings. The van der Waals surface area contributed by atoms with Crippen molar-refractivity contribution in [3.8, 4) is 5.75 Å². The van der Waals surface area contributed by atoms with Gasteiger partial charge in [0.2, 0.25) is 0 Å². The minimum atomic E-state index is -0.153. The van der Waals surface area contributed by atoms with Gasteiger partial charge in [0.05, 0.1) is 6.61 Å². The molecular weight excluding hydrogens is 260 g/mol. The number of carbonyl (C=O) groups excluding carboxylic acids is 2. The van der Waals surface area contributed by atoms with Crippen LogP contribution in [0.2, 0.25) is 0 Å². The molecule has 80 valence electrons. The molecule has 0 spiro atoms. The standard InChI is InChI=1S/C11H11BrO3/c1-3-15-8-4-9(7(2)14)10(6-13)11(12)5-8/h4-6H,3H2,1-2H3. The van der Waals surface area contributed by atoms with E-state index in [9.17, 15) is 9.59 Å². The van der Waals surface area contributed by atoms with E-state index in [0.29, 0.717) is 34.2 Å². The van der Waals surface area contributed by atoms with E-state index in [0.717, 1.165) is 0 Å². The zero-order chi connectivity index (χ0) is 11.4. The second-order valence-corrected chi connectivity index (χ2v) is 3.83. The fourth-order valence-corrected chi connectivity index (χ4v) is 1.79. The Kier molecular flexibility index (Phi) is 4.03. The van der Waals surface area contributed by atoms with E-state index >= 15 is 0 Å². The number of halogens is 1. The number of hydrogen-bond donors (Lipinski definition) is 0. The molecule has 0 aliphatic heterocycles. The molecule has 15 heavy (non-hydrogen) atoms. The Bertz CT molecular complexity index is 399. The summed E-state index contributed by atoms with van der Waals surface area (Å²) in [4.78, 5) is 22.1. The van der Waals surface area contributed by atoms with Gasteiger partial charge in [0.15, 0.2) is 12.1 Å². The molecule has 0 aliphatic carbocycles. The Morgan fingerprint density at radius 3 is 2.67 bits per heavy atom. The van der Waals surface area contributed by atoms with E-state index < -0.39 is 0 Å². The molecule has 0 N–H and O–H groups in total. The summed E-state index contributed by atoms with van der Waals surface area (Å²) >= 11 is 3.23. The Balaban J connectivity index is 3.31. The lowest BCUT2D eigenvalue weighted by Gasteiger charge is -2.08. The molecule has 0 heterocycles. The highest BCUT2D eigenvalue weighted by Gasteiger charge is 2.12. The van der Waals surface area contributed by atoms with E-state index in [-0.39, 0.29) is 5.78 Å². The lowest BCUT2D eigenvalue weighted by atomic mass is 10.1. The summed E-state index contributed by atoms with van der Waals surface area (Å²) in [7, 11) is 0. The Labute approximate surface area is 96.6 Å². The Morgan fingerprint density at radius 1 is 1.53 bits per heavy atom. The maximum absolute atomic E-state index is 11.3. The summed E-state index contributed by atoms with van der Waals surface area (Å²) in [5, 5.41) is 0. The van der Waals surface area contributed by atoms with Crippen molar-refractivity contribution >= 4 is 28.0 Å². The van der Waals surface area contributed by atoms with E-state index in [1.807, 2.05) is 6.92 Å². The van der Waals surface area contributed by atoms with Crippen molar-refractivity contribution in [2.75, 3.05) is 6.61 Å². The molecule has 1 aromatic carbocycles. The molecular formula is C11H11BrO3. The van der Waals surface area contributed by atoms with Crippen LogP contribution in [0.25, 0.3) is 0 Å². The summed E-state index contributed by atoms with van der Waals surface area (Å²) in [5.74, 6) is 0.430. The van der Waals surface area contributed by atoms with Crippen LogP contribution in [0.15, 0.2) is 16.6 Å². The first-order valence-electron chi connectivity index (χ1n) is 4.52. The molecule has 0 unspecified atom stereocenters. The van der Waals surface area contributed by atoms with Gasteiger partial charge in [-0.15, -0.1) is 0 Å². The highest BCUT2D eigenvalue weighted by atomic mass is 79.9. The monoisotopic (exact) mass is 270 g/mol. The third-order valence-electron chi connectivity index (χ3n) is 1.91. The number of aldehydes is 1. The largest absolute Gasteiger partial charge is 0.494 e. The van der Waals surface area contributed by atoms with Gasteiger partial charge in [-0.25, -0.2) is 0 Å². The number of hydrogen-bond acceptors (Lipinski definition) is 3. The van der Waals surface area contributed by atoms with Gasteiger partial charge in [-0.1, -0.05) is 0 Å². The first kappa shape index (κ1) is 11.9. The first-order valence-corrected chi connectivity index (χ1v) is 5.32. The van der Waals surface area contributed by atoms with Gasteiger partial charge in [0.25, 0.3) is 0 Å². The topological polar surface area (TPSA) is 43.4 Å². The second kappa shape index (κ2) is 5.07. The van der Waals surface area contributed by atoms with Crippen LogP contribution in [-0.4, -0.2) is 18.7 Å². The van der Waals surface area contributed by atoms with Crippen molar-refractivity contribution in [2.45, 2.75) is 13.8 Å². The molecule has 1 aromatic rings. The van der Waals surface area contributed by atoms with E-state index in [4.69, 9.17) is 4.74 Å². The predicted molar refractivity (Wildman–Crippen MR) is 60.7 cm³/mol. The van der Waals surface area contributed by atoms with Crippen LogP contribution in [-0.2, 0) is 0 Å². The van der Waals surface area contributed by atoms with Crippen LogP contribution >= 0.6 is 15.9 Å².